The second-order valence-electron chi connectivity index (χ2n) is 5.06. The van der Waals surface area contributed by atoms with Gasteiger partial charge in [0, 0.05) is 12.2 Å². The van der Waals surface area contributed by atoms with Crippen LogP contribution in [-0.2, 0) is 0 Å². The van der Waals surface area contributed by atoms with Crippen LogP contribution in [0, 0.1) is 5.92 Å². The minimum atomic E-state index is 0.835. The molecule has 1 atom stereocenters. The molecule has 4 nitrogen and oxygen atoms in total. The van der Waals surface area contributed by atoms with E-state index in [4.69, 9.17) is 0 Å². The Kier molecular flexibility index (Phi) is 3.46. The van der Waals surface area contributed by atoms with E-state index in [1.165, 1.54) is 38.0 Å². The number of anilines is 1. The first-order valence-electron chi connectivity index (χ1n) is 6.79. The lowest BCUT2D eigenvalue weighted by Crippen LogP contribution is -2.30. The number of imidazole rings is 1. The van der Waals surface area contributed by atoms with Gasteiger partial charge in [0.1, 0.15) is 0 Å². The maximum Gasteiger partial charge on any atom is 0.0931 e. The summed E-state index contributed by atoms with van der Waals surface area (Å²) in [5.41, 5.74) is 3.30. The molecule has 0 amide bonds. The van der Waals surface area contributed by atoms with Crippen LogP contribution in [0.4, 0.5) is 5.69 Å². The Labute approximate surface area is 107 Å². The zero-order valence-corrected chi connectivity index (χ0v) is 10.6. The summed E-state index contributed by atoms with van der Waals surface area (Å²) >= 11 is 0. The fourth-order valence-corrected chi connectivity index (χ4v) is 2.64. The molecule has 2 aromatic rings. The predicted octanol–water partition coefficient (Wildman–Crippen LogP) is 2.36. The van der Waals surface area contributed by atoms with Crippen LogP contribution in [0.5, 0.6) is 0 Å². The van der Waals surface area contributed by atoms with Crippen molar-refractivity contribution in [2.75, 3.05) is 25.0 Å². The number of hydrogen-bond donors (Lipinski definition) is 3. The number of piperidine rings is 1. The number of rotatable bonds is 4. The van der Waals surface area contributed by atoms with Gasteiger partial charge in [-0.2, -0.15) is 0 Å². The third kappa shape index (κ3) is 2.64. The summed E-state index contributed by atoms with van der Waals surface area (Å²) in [5, 5.41) is 6.96. The van der Waals surface area contributed by atoms with Gasteiger partial charge in [0.05, 0.1) is 17.4 Å². The highest BCUT2D eigenvalue weighted by Gasteiger charge is 2.11. The van der Waals surface area contributed by atoms with Crippen molar-refractivity contribution in [3.05, 3.63) is 24.5 Å². The van der Waals surface area contributed by atoms with Crippen LogP contribution in [0.3, 0.4) is 0 Å². The van der Waals surface area contributed by atoms with Crippen molar-refractivity contribution in [2.24, 2.45) is 5.92 Å². The zero-order chi connectivity index (χ0) is 12.2. The highest BCUT2D eigenvalue weighted by molar-refractivity contribution is 5.78. The molecule has 1 fully saturated rings. The Hall–Kier alpha value is -1.55. The molecule has 0 spiro atoms. The van der Waals surface area contributed by atoms with Crippen molar-refractivity contribution >= 4 is 16.7 Å². The molecule has 0 saturated carbocycles. The first kappa shape index (κ1) is 11.5. The standard InChI is InChI=1S/C14H20N4/c1-2-11(9-15-6-1)5-7-16-12-3-4-13-14(8-12)18-10-17-13/h3-4,8,10-11,15-16H,1-2,5-7,9H2,(H,17,18). The third-order valence-electron chi connectivity index (χ3n) is 3.70. The van der Waals surface area contributed by atoms with Crippen LogP contribution in [0.25, 0.3) is 11.0 Å². The molecule has 0 aliphatic carbocycles. The molecule has 1 unspecified atom stereocenters. The molecule has 18 heavy (non-hydrogen) atoms. The number of nitrogens with zero attached hydrogens (tertiary/aromatic N) is 1. The van der Waals surface area contributed by atoms with Gasteiger partial charge in [0.2, 0.25) is 0 Å². The fourth-order valence-electron chi connectivity index (χ4n) is 2.64. The molecule has 3 rings (SSSR count). The lowest BCUT2D eigenvalue weighted by molar-refractivity contribution is 0.364. The number of hydrogen-bond acceptors (Lipinski definition) is 3. The van der Waals surface area contributed by atoms with Crippen LogP contribution in [0.1, 0.15) is 19.3 Å². The van der Waals surface area contributed by atoms with Gasteiger partial charge in [0.15, 0.2) is 0 Å². The monoisotopic (exact) mass is 244 g/mol. The smallest absolute Gasteiger partial charge is 0.0931 e. The summed E-state index contributed by atoms with van der Waals surface area (Å²) < 4.78 is 0. The highest BCUT2D eigenvalue weighted by Crippen LogP contribution is 2.17. The van der Waals surface area contributed by atoms with Crippen LogP contribution < -0.4 is 10.6 Å². The molecular weight excluding hydrogens is 224 g/mol. The molecular formula is C14H20N4. The van der Waals surface area contributed by atoms with E-state index in [0.29, 0.717) is 0 Å². The maximum atomic E-state index is 4.22. The average Bonchev–Trinajstić information content (AvgIpc) is 2.87. The van der Waals surface area contributed by atoms with Crippen LogP contribution in [0.15, 0.2) is 24.5 Å². The summed E-state index contributed by atoms with van der Waals surface area (Å²) in [4.78, 5) is 7.36. The number of benzene rings is 1. The normalized spacial score (nSPS) is 20.1. The van der Waals surface area contributed by atoms with Crippen molar-refractivity contribution in [2.45, 2.75) is 19.3 Å². The van der Waals surface area contributed by atoms with E-state index >= 15 is 0 Å². The molecule has 2 heterocycles. The first-order chi connectivity index (χ1) is 8.92. The Morgan fingerprint density at radius 1 is 1.39 bits per heavy atom. The summed E-state index contributed by atoms with van der Waals surface area (Å²) in [6.45, 7) is 3.42. The number of H-pyrrole nitrogens is 1. The topological polar surface area (TPSA) is 52.7 Å². The second-order valence-corrected chi connectivity index (χ2v) is 5.06. The van der Waals surface area contributed by atoms with E-state index in [1.807, 2.05) is 0 Å². The van der Waals surface area contributed by atoms with Gasteiger partial charge in [-0.3, -0.25) is 0 Å². The van der Waals surface area contributed by atoms with E-state index in [1.54, 1.807) is 6.33 Å². The van der Waals surface area contributed by atoms with Crippen LogP contribution in [-0.4, -0.2) is 29.6 Å². The molecule has 3 N–H and O–H groups in total. The van der Waals surface area contributed by atoms with Crippen LogP contribution >= 0.6 is 0 Å². The quantitative estimate of drug-likeness (QED) is 0.774. The van der Waals surface area contributed by atoms with Crippen molar-refractivity contribution < 1.29 is 0 Å². The fraction of sp³-hybridized carbons (Fsp3) is 0.500. The summed E-state index contributed by atoms with van der Waals surface area (Å²) in [7, 11) is 0. The van der Waals surface area contributed by atoms with Gasteiger partial charge in [-0.05, 0) is 56.5 Å². The molecule has 1 aromatic carbocycles. The average molecular weight is 244 g/mol. The minimum Gasteiger partial charge on any atom is -0.385 e. The predicted molar refractivity (Wildman–Crippen MR) is 74.8 cm³/mol. The van der Waals surface area contributed by atoms with E-state index in [9.17, 15) is 0 Å². The number of nitrogens with one attached hydrogen (secondary N) is 3. The first-order valence-corrected chi connectivity index (χ1v) is 6.79. The zero-order valence-electron chi connectivity index (χ0n) is 10.6. The molecule has 1 aromatic heterocycles. The van der Waals surface area contributed by atoms with Gasteiger partial charge in [0.25, 0.3) is 0 Å². The third-order valence-corrected chi connectivity index (χ3v) is 3.70. The summed E-state index contributed by atoms with van der Waals surface area (Å²) in [6.07, 6.45) is 5.68. The Bertz CT molecular complexity index is 499. The molecule has 96 valence electrons. The SMILES string of the molecule is c1nc2ccc(NCCC3CCCNC3)cc2[nH]1. The van der Waals surface area contributed by atoms with Crippen LogP contribution in [0.2, 0.25) is 0 Å². The Morgan fingerprint density at radius 2 is 2.39 bits per heavy atom. The number of aromatic amines is 1. The van der Waals surface area contributed by atoms with Crippen molar-refractivity contribution in [3.8, 4) is 0 Å². The van der Waals surface area contributed by atoms with E-state index in [2.05, 4.69) is 38.8 Å². The summed E-state index contributed by atoms with van der Waals surface area (Å²) in [5.74, 6) is 0.835. The van der Waals surface area contributed by atoms with Crippen molar-refractivity contribution in [1.82, 2.24) is 15.3 Å². The van der Waals surface area contributed by atoms with E-state index < -0.39 is 0 Å². The van der Waals surface area contributed by atoms with Crippen molar-refractivity contribution in [1.29, 1.82) is 0 Å². The van der Waals surface area contributed by atoms with Gasteiger partial charge in [-0.25, -0.2) is 4.98 Å². The summed E-state index contributed by atoms with van der Waals surface area (Å²) in [6, 6.07) is 6.28. The maximum absolute atomic E-state index is 4.22. The molecule has 4 heteroatoms. The Balaban J connectivity index is 1.52. The molecule has 1 aliphatic rings. The van der Waals surface area contributed by atoms with Gasteiger partial charge in [-0.15, -0.1) is 0 Å². The largest absolute Gasteiger partial charge is 0.385 e. The van der Waals surface area contributed by atoms with Crippen molar-refractivity contribution in [3.63, 3.8) is 0 Å². The Morgan fingerprint density at radius 3 is 3.28 bits per heavy atom. The minimum absolute atomic E-state index is 0.835. The van der Waals surface area contributed by atoms with E-state index in [0.717, 1.165) is 23.5 Å². The lowest BCUT2D eigenvalue weighted by Gasteiger charge is -2.22. The lowest BCUT2D eigenvalue weighted by atomic mass is 9.96. The van der Waals surface area contributed by atoms with Gasteiger partial charge in [-0.1, -0.05) is 0 Å². The van der Waals surface area contributed by atoms with Gasteiger partial charge >= 0.3 is 0 Å². The van der Waals surface area contributed by atoms with Gasteiger partial charge < -0.3 is 15.6 Å². The number of fused-ring (bicyclic) bond motifs is 1. The molecule has 0 radical (unpaired) electrons. The molecule has 1 saturated heterocycles. The highest BCUT2D eigenvalue weighted by atomic mass is 14.9. The van der Waals surface area contributed by atoms with E-state index in [-0.39, 0.29) is 0 Å². The number of aromatic nitrogens is 2. The molecule has 1 aliphatic heterocycles. The second kappa shape index (κ2) is 5.40. The molecule has 0 bridgehead atoms.